The van der Waals surface area contributed by atoms with E-state index in [0.717, 1.165) is 6.42 Å². The Morgan fingerprint density at radius 3 is 2.73 bits per heavy atom. The minimum atomic E-state index is 0. The molecule has 0 aromatic heterocycles. The fourth-order valence-electron chi connectivity index (χ4n) is 3.99. The van der Waals surface area contributed by atoms with Crippen LogP contribution < -0.4 is 10.6 Å². The predicted molar refractivity (Wildman–Crippen MR) is 92.3 cm³/mol. The topological polar surface area (TPSA) is 41.1 Å². The molecule has 2 aliphatic rings. The Morgan fingerprint density at radius 1 is 1.27 bits per heavy atom. The van der Waals surface area contributed by atoms with Crippen molar-refractivity contribution in [3.05, 3.63) is 35.4 Å². The summed E-state index contributed by atoms with van der Waals surface area (Å²) in [4.78, 5) is 12.5. The molecule has 122 valence electrons. The van der Waals surface area contributed by atoms with E-state index in [4.69, 9.17) is 0 Å². The SMILES string of the molecule is Cc1ccccc1C(C)NC(=O)C1CC2CCCCC2N1.Cl. The van der Waals surface area contributed by atoms with Gasteiger partial charge in [0.1, 0.15) is 0 Å². The van der Waals surface area contributed by atoms with E-state index in [2.05, 4.69) is 36.6 Å². The molecule has 1 saturated carbocycles. The molecule has 1 aromatic carbocycles. The zero-order valence-electron chi connectivity index (χ0n) is 13.5. The molecule has 1 aliphatic heterocycles. The van der Waals surface area contributed by atoms with E-state index < -0.39 is 0 Å². The fourth-order valence-corrected chi connectivity index (χ4v) is 3.99. The van der Waals surface area contributed by atoms with Gasteiger partial charge in [-0.1, -0.05) is 37.1 Å². The predicted octanol–water partition coefficient (Wildman–Crippen LogP) is 3.51. The van der Waals surface area contributed by atoms with Crippen molar-refractivity contribution < 1.29 is 4.79 Å². The molecule has 0 spiro atoms. The third kappa shape index (κ3) is 3.64. The molecule has 3 nitrogen and oxygen atoms in total. The summed E-state index contributed by atoms with van der Waals surface area (Å²) < 4.78 is 0. The smallest absolute Gasteiger partial charge is 0.237 e. The van der Waals surface area contributed by atoms with Gasteiger partial charge in [0.2, 0.25) is 5.91 Å². The summed E-state index contributed by atoms with van der Waals surface area (Å²) in [6.45, 7) is 4.17. The first-order valence-electron chi connectivity index (χ1n) is 8.27. The highest BCUT2D eigenvalue weighted by Crippen LogP contribution is 2.33. The molecular weight excluding hydrogens is 296 g/mol. The third-order valence-electron chi connectivity index (χ3n) is 5.19. The number of halogens is 1. The lowest BCUT2D eigenvalue weighted by Crippen LogP contribution is -2.44. The quantitative estimate of drug-likeness (QED) is 0.894. The average Bonchev–Trinajstić information content (AvgIpc) is 2.91. The van der Waals surface area contributed by atoms with Crippen molar-refractivity contribution in [1.82, 2.24) is 10.6 Å². The first-order chi connectivity index (χ1) is 10.1. The number of carbonyl (C=O) groups excluding carboxylic acids is 1. The molecule has 4 unspecified atom stereocenters. The molecule has 4 atom stereocenters. The second kappa shape index (κ2) is 7.47. The van der Waals surface area contributed by atoms with E-state index in [1.54, 1.807) is 0 Å². The molecule has 2 fully saturated rings. The second-order valence-electron chi connectivity index (χ2n) is 6.69. The Morgan fingerprint density at radius 2 is 2.00 bits per heavy atom. The molecule has 4 heteroatoms. The Labute approximate surface area is 139 Å². The van der Waals surface area contributed by atoms with Gasteiger partial charge in [-0.3, -0.25) is 4.79 Å². The maximum absolute atomic E-state index is 12.5. The van der Waals surface area contributed by atoms with E-state index in [0.29, 0.717) is 12.0 Å². The normalized spacial score (nSPS) is 28.4. The summed E-state index contributed by atoms with van der Waals surface area (Å²) in [5.41, 5.74) is 2.44. The van der Waals surface area contributed by atoms with Crippen molar-refractivity contribution in [3.63, 3.8) is 0 Å². The first kappa shape index (κ1) is 17.3. The molecule has 1 aliphatic carbocycles. The molecule has 0 bridgehead atoms. The zero-order valence-corrected chi connectivity index (χ0v) is 14.3. The Hall–Kier alpha value is -1.06. The number of rotatable bonds is 3. The fraction of sp³-hybridized carbons (Fsp3) is 0.611. The van der Waals surface area contributed by atoms with Crippen LogP contribution in [0.1, 0.15) is 56.2 Å². The summed E-state index contributed by atoms with van der Waals surface area (Å²) in [7, 11) is 0. The van der Waals surface area contributed by atoms with E-state index in [1.807, 2.05) is 12.1 Å². The van der Waals surface area contributed by atoms with Gasteiger partial charge < -0.3 is 10.6 Å². The summed E-state index contributed by atoms with van der Waals surface area (Å²) in [5, 5.41) is 6.74. The first-order valence-corrected chi connectivity index (χ1v) is 8.27. The molecular formula is C18H27ClN2O. The van der Waals surface area contributed by atoms with Crippen LogP contribution in [0.25, 0.3) is 0 Å². The van der Waals surface area contributed by atoms with Gasteiger partial charge in [-0.05, 0) is 50.2 Å². The Kier molecular flexibility index (Phi) is 5.87. The molecule has 3 rings (SSSR count). The highest BCUT2D eigenvalue weighted by molar-refractivity contribution is 5.85. The average molecular weight is 323 g/mol. The minimum Gasteiger partial charge on any atom is -0.348 e. The van der Waals surface area contributed by atoms with Crippen LogP contribution in [0, 0.1) is 12.8 Å². The van der Waals surface area contributed by atoms with Crippen molar-refractivity contribution in [3.8, 4) is 0 Å². The lowest BCUT2D eigenvalue weighted by Gasteiger charge is -2.24. The molecule has 0 radical (unpaired) electrons. The van der Waals surface area contributed by atoms with Gasteiger partial charge in [-0.25, -0.2) is 0 Å². The van der Waals surface area contributed by atoms with Gasteiger partial charge in [0, 0.05) is 6.04 Å². The van der Waals surface area contributed by atoms with Gasteiger partial charge >= 0.3 is 0 Å². The highest BCUT2D eigenvalue weighted by Gasteiger charge is 2.38. The number of nitrogens with one attached hydrogen (secondary N) is 2. The highest BCUT2D eigenvalue weighted by atomic mass is 35.5. The third-order valence-corrected chi connectivity index (χ3v) is 5.19. The number of carbonyl (C=O) groups is 1. The lowest BCUT2D eigenvalue weighted by molar-refractivity contribution is -0.123. The van der Waals surface area contributed by atoms with Crippen LogP contribution in [0.4, 0.5) is 0 Å². The summed E-state index contributed by atoms with van der Waals surface area (Å²) in [6, 6.07) is 8.92. The maximum atomic E-state index is 12.5. The number of amides is 1. The van der Waals surface area contributed by atoms with Crippen LogP contribution in [0.3, 0.4) is 0 Å². The second-order valence-corrected chi connectivity index (χ2v) is 6.69. The summed E-state index contributed by atoms with van der Waals surface area (Å²) in [6.07, 6.45) is 6.17. The van der Waals surface area contributed by atoms with Crippen molar-refractivity contribution in [2.24, 2.45) is 5.92 Å². The number of aryl methyl sites for hydroxylation is 1. The van der Waals surface area contributed by atoms with Gasteiger partial charge in [0.15, 0.2) is 0 Å². The Bertz CT molecular complexity index is 506. The summed E-state index contributed by atoms with van der Waals surface area (Å²) in [5.74, 6) is 0.878. The van der Waals surface area contributed by atoms with Crippen molar-refractivity contribution in [2.75, 3.05) is 0 Å². The van der Waals surface area contributed by atoms with Crippen LogP contribution >= 0.6 is 12.4 Å². The monoisotopic (exact) mass is 322 g/mol. The minimum absolute atomic E-state index is 0. The van der Waals surface area contributed by atoms with E-state index in [9.17, 15) is 4.79 Å². The van der Waals surface area contributed by atoms with Gasteiger partial charge in [-0.2, -0.15) is 0 Å². The van der Waals surface area contributed by atoms with Crippen LogP contribution in [0.2, 0.25) is 0 Å². The number of benzene rings is 1. The van der Waals surface area contributed by atoms with E-state index in [1.165, 1.54) is 36.8 Å². The van der Waals surface area contributed by atoms with Crippen molar-refractivity contribution in [2.45, 2.75) is 64.1 Å². The van der Waals surface area contributed by atoms with Gasteiger partial charge in [-0.15, -0.1) is 12.4 Å². The molecule has 1 saturated heterocycles. The van der Waals surface area contributed by atoms with Crippen LogP contribution in [0.5, 0.6) is 0 Å². The van der Waals surface area contributed by atoms with Crippen LogP contribution in [0.15, 0.2) is 24.3 Å². The van der Waals surface area contributed by atoms with Crippen molar-refractivity contribution >= 4 is 18.3 Å². The number of fused-ring (bicyclic) bond motifs is 1. The molecule has 22 heavy (non-hydrogen) atoms. The molecule has 1 amide bonds. The van der Waals surface area contributed by atoms with Gasteiger partial charge in [0.05, 0.1) is 12.1 Å². The number of hydrogen-bond donors (Lipinski definition) is 2. The van der Waals surface area contributed by atoms with E-state index >= 15 is 0 Å². The largest absolute Gasteiger partial charge is 0.348 e. The maximum Gasteiger partial charge on any atom is 0.237 e. The van der Waals surface area contributed by atoms with Crippen molar-refractivity contribution in [1.29, 1.82) is 0 Å². The molecule has 1 heterocycles. The number of hydrogen-bond acceptors (Lipinski definition) is 2. The van der Waals surface area contributed by atoms with Gasteiger partial charge in [0.25, 0.3) is 0 Å². The Balaban J connectivity index is 0.00000176. The summed E-state index contributed by atoms with van der Waals surface area (Å²) >= 11 is 0. The van der Waals surface area contributed by atoms with Crippen LogP contribution in [-0.4, -0.2) is 18.0 Å². The lowest BCUT2D eigenvalue weighted by atomic mass is 9.85. The molecule has 1 aromatic rings. The van der Waals surface area contributed by atoms with E-state index in [-0.39, 0.29) is 30.4 Å². The zero-order chi connectivity index (χ0) is 14.8. The standard InChI is InChI=1S/C18H26N2O.ClH/c1-12-7-3-5-9-15(12)13(2)19-18(21)17-11-14-8-4-6-10-16(14)20-17;/h3,5,7,9,13-14,16-17,20H,4,6,8,10-11H2,1-2H3,(H,19,21);1H. The van der Waals surface area contributed by atoms with Crippen LogP contribution in [-0.2, 0) is 4.79 Å². The molecule has 2 N–H and O–H groups in total.